The Morgan fingerprint density at radius 2 is 2.18 bits per heavy atom. The molecule has 0 saturated carbocycles. The molecule has 1 aliphatic rings. The third kappa shape index (κ3) is 3.85. The Hall–Kier alpha value is -1.88. The quantitative estimate of drug-likeness (QED) is 0.833. The lowest BCUT2D eigenvalue weighted by Crippen LogP contribution is -2.08. The van der Waals surface area contributed by atoms with Crippen molar-refractivity contribution >= 4 is 17.8 Å². The SMILES string of the molecule is CC(C)Oc1cccc(NSc2ccc3c(c2)OCCC3)n1. The van der Waals surface area contributed by atoms with Gasteiger partial charge in [-0.25, -0.2) is 0 Å². The molecule has 116 valence electrons. The van der Waals surface area contributed by atoms with Gasteiger partial charge in [-0.2, -0.15) is 4.98 Å². The molecule has 1 N–H and O–H groups in total. The number of ether oxygens (including phenoxy) is 2. The Labute approximate surface area is 135 Å². The molecule has 2 aromatic rings. The van der Waals surface area contributed by atoms with Crippen LogP contribution in [0, 0.1) is 0 Å². The fourth-order valence-corrected chi connectivity index (χ4v) is 2.91. The van der Waals surface area contributed by atoms with Gasteiger partial charge in [0.05, 0.1) is 12.7 Å². The third-order valence-electron chi connectivity index (χ3n) is 3.24. The van der Waals surface area contributed by atoms with Gasteiger partial charge in [0.1, 0.15) is 11.6 Å². The first-order valence-corrected chi connectivity index (χ1v) is 8.34. The molecule has 0 unspecified atom stereocenters. The molecule has 5 heteroatoms. The average Bonchev–Trinajstić information content (AvgIpc) is 2.52. The molecule has 0 bridgehead atoms. The normalized spacial score (nSPS) is 13.4. The van der Waals surface area contributed by atoms with Crippen LogP contribution in [-0.2, 0) is 6.42 Å². The van der Waals surface area contributed by atoms with Crippen LogP contribution in [0.5, 0.6) is 11.6 Å². The fourth-order valence-electron chi connectivity index (χ4n) is 2.27. The van der Waals surface area contributed by atoms with Crippen molar-refractivity contribution in [2.75, 3.05) is 11.3 Å². The van der Waals surface area contributed by atoms with Gasteiger partial charge >= 0.3 is 0 Å². The first-order chi connectivity index (χ1) is 10.7. The smallest absolute Gasteiger partial charge is 0.215 e. The van der Waals surface area contributed by atoms with Crippen LogP contribution in [0.15, 0.2) is 41.3 Å². The van der Waals surface area contributed by atoms with Crippen molar-refractivity contribution in [3.8, 4) is 11.6 Å². The van der Waals surface area contributed by atoms with Gasteiger partial charge in [-0.05, 0) is 62.4 Å². The van der Waals surface area contributed by atoms with Crippen molar-refractivity contribution in [3.63, 3.8) is 0 Å². The topological polar surface area (TPSA) is 43.4 Å². The molecule has 0 amide bonds. The molecule has 0 saturated heterocycles. The number of rotatable bonds is 5. The van der Waals surface area contributed by atoms with Crippen molar-refractivity contribution in [2.24, 2.45) is 0 Å². The lowest BCUT2D eigenvalue weighted by Gasteiger charge is -2.17. The molecule has 1 aromatic carbocycles. The molecule has 2 heterocycles. The molecule has 0 fully saturated rings. The molecule has 0 radical (unpaired) electrons. The second-order valence-corrected chi connectivity index (χ2v) is 6.33. The molecule has 0 aliphatic carbocycles. The fraction of sp³-hybridized carbons (Fsp3) is 0.353. The summed E-state index contributed by atoms with van der Waals surface area (Å²) >= 11 is 1.53. The van der Waals surface area contributed by atoms with E-state index in [0.717, 1.165) is 35.9 Å². The molecular formula is C17H20N2O2S. The van der Waals surface area contributed by atoms with Gasteiger partial charge in [0.2, 0.25) is 5.88 Å². The van der Waals surface area contributed by atoms with E-state index >= 15 is 0 Å². The van der Waals surface area contributed by atoms with Crippen LogP contribution < -0.4 is 14.2 Å². The number of pyridine rings is 1. The number of fused-ring (bicyclic) bond motifs is 1. The van der Waals surface area contributed by atoms with E-state index in [1.807, 2.05) is 32.0 Å². The summed E-state index contributed by atoms with van der Waals surface area (Å²) in [7, 11) is 0. The number of anilines is 1. The third-order valence-corrected chi connectivity index (χ3v) is 4.04. The molecule has 22 heavy (non-hydrogen) atoms. The number of nitrogens with one attached hydrogen (secondary N) is 1. The summed E-state index contributed by atoms with van der Waals surface area (Å²) in [5.41, 5.74) is 1.29. The second kappa shape index (κ2) is 6.92. The van der Waals surface area contributed by atoms with Gasteiger partial charge in [-0.1, -0.05) is 12.1 Å². The standard InChI is InChI=1S/C17H20N2O2S/c1-12(2)21-17-7-3-6-16(18-17)19-22-14-9-8-13-5-4-10-20-15(13)11-14/h3,6-9,11-12H,4-5,10H2,1-2H3,(H,18,19). The van der Waals surface area contributed by atoms with E-state index in [1.165, 1.54) is 17.5 Å². The summed E-state index contributed by atoms with van der Waals surface area (Å²) in [6.07, 6.45) is 2.32. The van der Waals surface area contributed by atoms with E-state index in [1.54, 1.807) is 0 Å². The number of aromatic nitrogens is 1. The maximum atomic E-state index is 5.70. The highest BCUT2D eigenvalue weighted by Gasteiger charge is 2.11. The van der Waals surface area contributed by atoms with Crippen LogP contribution in [0.25, 0.3) is 0 Å². The molecule has 1 aliphatic heterocycles. The zero-order chi connectivity index (χ0) is 15.4. The predicted molar refractivity (Wildman–Crippen MR) is 89.7 cm³/mol. The average molecular weight is 316 g/mol. The molecule has 3 rings (SSSR count). The highest BCUT2D eigenvalue weighted by Crippen LogP contribution is 2.30. The minimum absolute atomic E-state index is 0.119. The van der Waals surface area contributed by atoms with E-state index < -0.39 is 0 Å². The van der Waals surface area contributed by atoms with Gasteiger partial charge in [0.25, 0.3) is 0 Å². The zero-order valence-corrected chi connectivity index (χ0v) is 13.7. The van der Waals surface area contributed by atoms with E-state index in [2.05, 4.69) is 27.9 Å². The summed E-state index contributed by atoms with van der Waals surface area (Å²) in [5, 5.41) is 0. The molecule has 4 nitrogen and oxygen atoms in total. The van der Waals surface area contributed by atoms with Crippen molar-refractivity contribution in [1.29, 1.82) is 0 Å². The summed E-state index contributed by atoms with van der Waals surface area (Å²) < 4.78 is 14.6. The van der Waals surface area contributed by atoms with Crippen LogP contribution >= 0.6 is 11.9 Å². The first kappa shape index (κ1) is 15.0. The van der Waals surface area contributed by atoms with E-state index in [4.69, 9.17) is 9.47 Å². The van der Waals surface area contributed by atoms with E-state index in [-0.39, 0.29) is 6.10 Å². The van der Waals surface area contributed by atoms with Gasteiger partial charge < -0.3 is 14.2 Å². The van der Waals surface area contributed by atoms with Crippen LogP contribution in [0.4, 0.5) is 5.82 Å². The monoisotopic (exact) mass is 316 g/mol. The van der Waals surface area contributed by atoms with Crippen LogP contribution in [0.2, 0.25) is 0 Å². The number of benzene rings is 1. The number of nitrogens with zero attached hydrogens (tertiary/aromatic N) is 1. The van der Waals surface area contributed by atoms with Gasteiger partial charge in [-0.15, -0.1) is 0 Å². The Bertz CT molecular complexity index is 646. The van der Waals surface area contributed by atoms with Crippen molar-refractivity contribution in [2.45, 2.75) is 37.7 Å². The van der Waals surface area contributed by atoms with Gasteiger partial charge in [-0.3, -0.25) is 0 Å². The van der Waals surface area contributed by atoms with Crippen LogP contribution in [0.1, 0.15) is 25.8 Å². The predicted octanol–water partition coefficient (Wildman–Crippen LogP) is 4.31. The minimum atomic E-state index is 0.119. The Balaban J connectivity index is 1.65. The highest BCUT2D eigenvalue weighted by atomic mass is 32.2. The van der Waals surface area contributed by atoms with E-state index in [9.17, 15) is 0 Å². The number of hydrogen-bond acceptors (Lipinski definition) is 5. The highest BCUT2D eigenvalue weighted by molar-refractivity contribution is 8.00. The largest absolute Gasteiger partial charge is 0.493 e. The molecule has 0 spiro atoms. The lowest BCUT2D eigenvalue weighted by molar-refractivity contribution is 0.233. The zero-order valence-electron chi connectivity index (χ0n) is 12.8. The molecule has 0 atom stereocenters. The summed E-state index contributed by atoms with van der Waals surface area (Å²) in [6.45, 7) is 4.79. The summed E-state index contributed by atoms with van der Waals surface area (Å²) in [6, 6.07) is 12.1. The first-order valence-electron chi connectivity index (χ1n) is 7.53. The summed E-state index contributed by atoms with van der Waals surface area (Å²) in [4.78, 5) is 5.54. The number of aryl methyl sites for hydroxylation is 1. The second-order valence-electron chi connectivity index (χ2n) is 5.45. The Morgan fingerprint density at radius 1 is 1.27 bits per heavy atom. The number of hydrogen-bond donors (Lipinski definition) is 1. The van der Waals surface area contributed by atoms with Crippen LogP contribution in [0.3, 0.4) is 0 Å². The van der Waals surface area contributed by atoms with Crippen molar-refractivity contribution in [1.82, 2.24) is 4.98 Å². The van der Waals surface area contributed by atoms with Crippen molar-refractivity contribution in [3.05, 3.63) is 42.0 Å². The Morgan fingerprint density at radius 3 is 3.05 bits per heavy atom. The minimum Gasteiger partial charge on any atom is -0.493 e. The van der Waals surface area contributed by atoms with Gasteiger partial charge in [0, 0.05) is 11.0 Å². The summed E-state index contributed by atoms with van der Waals surface area (Å²) in [5.74, 6) is 2.42. The molecular weight excluding hydrogens is 296 g/mol. The van der Waals surface area contributed by atoms with Gasteiger partial charge in [0.15, 0.2) is 0 Å². The van der Waals surface area contributed by atoms with E-state index in [0.29, 0.717) is 5.88 Å². The Kier molecular flexibility index (Phi) is 4.73. The maximum absolute atomic E-state index is 5.70. The van der Waals surface area contributed by atoms with Crippen LogP contribution in [-0.4, -0.2) is 17.7 Å². The molecule has 1 aromatic heterocycles. The van der Waals surface area contributed by atoms with Crippen molar-refractivity contribution < 1.29 is 9.47 Å². The maximum Gasteiger partial charge on any atom is 0.215 e. The lowest BCUT2D eigenvalue weighted by atomic mass is 10.1.